The van der Waals surface area contributed by atoms with Gasteiger partial charge in [-0.15, -0.1) is 0 Å². The predicted molar refractivity (Wildman–Crippen MR) is 65.5 cm³/mol. The quantitative estimate of drug-likeness (QED) is 0.482. The Labute approximate surface area is 110 Å². The first-order valence-electron chi connectivity index (χ1n) is 6.21. The summed E-state index contributed by atoms with van der Waals surface area (Å²) in [6.07, 6.45) is 0.408. The van der Waals surface area contributed by atoms with Crippen LogP contribution in [0.5, 0.6) is 0 Å². The Bertz CT molecular complexity index is 341. The Hall–Kier alpha value is -1.83. The highest BCUT2D eigenvalue weighted by atomic mass is 16.4. The fraction of sp³-hybridized carbons (Fsp3) is 0.727. The van der Waals surface area contributed by atoms with E-state index < -0.39 is 18.1 Å². The molecule has 0 aromatic heterocycles. The Morgan fingerprint density at radius 2 is 1.79 bits per heavy atom. The summed E-state index contributed by atoms with van der Waals surface area (Å²) in [5.74, 6) is -1.45. The van der Waals surface area contributed by atoms with Crippen LogP contribution in [0.4, 0.5) is 4.79 Å². The fourth-order valence-electron chi connectivity index (χ4n) is 1.74. The first-order chi connectivity index (χ1) is 9.00. The molecule has 0 aromatic rings. The van der Waals surface area contributed by atoms with Crippen LogP contribution in [0.25, 0.3) is 0 Å². The van der Waals surface area contributed by atoms with E-state index in [-0.39, 0.29) is 25.4 Å². The smallest absolute Gasteiger partial charge is 0.332 e. The summed E-state index contributed by atoms with van der Waals surface area (Å²) in [5, 5.41) is 22.1. The van der Waals surface area contributed by atoms with Gasteiger partial charge in [0.1, 0.15) is 0 Å². The Morgan fingerprint density at radius 1 is 1.16 bits per heavy atom. The van der Waals surface area contributed by atoms with Gasteiger partial charge in [-0.05, 0) is 12.8 Å². The Balaban J connectivity index is 2.10. The highest BCUT2D eigenvalue weighted by Gasteiger charge is 2.18. The minimum atomic E-state index is -1.49. The Morgan fingerprint density at radius 3 is 2.37 bits per heavy atom. The van der Waals surface area contributed by atoms with Crippen molar-refractivity contribution in [1.29, 1.82) is 0 Å². The molecule has 1 heterocycles. The topological polar surface area (TPSA) is 119 Å². The number of carboxylic acid groups (broad SMARTS) is 1. The predicted octanol–water partition coefficient (Wildman–Crippen LogP) is -1.26. The van der Waals surface area contributed by atoms with Crippen LogP contribution in [0, 0.1) is 0 Å². The molecule has 1 atom stereocenters. The molecule has 0 saturated carbocycles. The summed E-state index contributed by atoms with van der Waals surface area (Å²) in [7, 11) is 0. The zero-order valence-corrected chi connectivity index (χ0v) is 10.6. The lowest BCUT2D eigenvalue weighted by molar-refractivity contribution is -0.146. The van der Waals surface area contributed by atoms with E-state index in [1.165, 1.54) is 0 Å². The summed E-state index contributed by atoms with van der Waals surface area (Å²) >= 11 is 0. The molecule has 4 N–H and O–H groups in total. The summed E-state index contributed by atoms with van der Waals surface area (Å²) in [4.78, 5) is 34.9. The van der Waals surface area contributed by atoms with Gasteiger partial charge in [0.05, 0.1) is 6.54 Å². The average molecular weight is 273 g/mol. The van der Waals surface area contributed by atoms with E-state index in [0.717, 1.165) is 25.9 Å². The van der Waals surface area contributed by atoms with Crippen molar-refractivity contribution in [1.82, 2.24) is 15.5 Å². The normalized spacial score (nSPS) is 15.9. The molecule has 1 rings (SSSR count). The lowest BCUT2D eigenvalue weighted by Gasteiger charge is -2.15. The summed E-state index contributed by atoms with van der Waals surface area (Å²) in [6.45, 7) is 1.41. The molecular formula is C11H19N3O5. The van der Waals surface area contributed by atoms with E-state index in [2.05, 4.69) is 10.6 Å². The van der Waals surface area contributed by atoms with Gasteiger partial charge in [0, 0.05) is 26.1 Å². The standard InChI is InChI=1S/C11H19N3O5/c15-8(10(17)18)3-4-12-11(19)13-7-9(16)14-5-1-2-6-14/h8,15H,1-7H2,(H,17,18)(H2,12,13,19)/t8-/m0/s1. The van der Waals surface area contributed by atoms with E-state index in [4.69, 9.17) is 10.2 Å². The largest absolute Gasteiger partial charge is 0.479 e. The van der Waals surface area contributed by atoms with Gasteiger partial charge in [0.25, 0.3) is 0 Å². The molecule has 1 saturated heterocycles. The van der Waals surface area contributed by atoms with Crippen LogP contribution in [0.1, 0.15) is 19.3 Å². The van der Waals surface area contributed by atoms with Crippen LogP contribution in [0.2, 0.25) is 0 Å². The highest BCUT2D eigenvalue weighted by Crippen LogP contribution is 2.06. The monoisotopic (exact) mass is 273 g/mol. The van der Waals surface area contributed by atoms with Gasteiger partial charge >= 0.3 is 12.0 Å². The van der Waals surface area contributed by atoms with Crippen molar-refractivity contribution < 1.29 is 24.6 Å². The number of carboxylic acids is 1. The number of nitrogens with zero attached hydrogens (tertiary/aromatic N) is 1. The van der Waals surface area contributed by atoms with Crippen LogP contribution in [-0.4, -0.2) is 65.3 Å². The van der Waals surface area contributed by atoms with Crippen molar-refractivity contribution in [2.75, 3.05) is 26.2 Å². The van der Waals surface area contributed by atoms with Crippen LogP contribution < -0.4 is 10.6 Å². The Kier molecular flexibility index (Phi) is 6.07. The number of urea groups is 1. The van der Waals surface area contributed by atoms with Gasteiger partial charge in [-0.2, -0.15) is 0 Å². The minimum Gasteiger partial charge on any atom is -0.479 e. The molecule has 0 spiro atoms. The molecule has 1 aliphatic heterocycles. The molecule has 1 aliphatic rings. The van der Waals surface area contributed by atoms with Crippen LogP contribution in [0.15, 0.2) is 0 Å². The van der Waals surface area contributed by atoms with E-state index in [1.807, 2.05) is 0 Å². The highest BCUT2D eigenvalue weighted by molar-refractivity contribution is 5.84. The molecule has 1 fully saturated rings. The number of hydrogen-bond donors (Lipinski definition) is 4. The molecule has 19 heavy (non-hydrogen) atoms. The fourth-order valence-corrected chi connectivity index (χ4v) is 1.74. The van der Waals surface area contributed by atoms with Gasteiger partial charge in [0.2, 0.25) is 5.91 Å². The molecule has 108 valence electrons. The number of rotatable bonds is 6. The third kappa shape index (κ3) is 5.56. The number of nitrogens with one attached hydrogen (secondary N) is 2. The third-order valence-electron chi connectivity index (χ3n) is 2.85. The van der Waals surface area contributed by atoms with Crippen molar-refractivity contribution in [3.8, 4) is 0 Å². The average Bonchev–Trinajstić information content (AvgIpc) is 2.89. The molecular weight excluding hydrogens is 254 g/mol. The summed E-state index contributed by atoms with van der Waals surface area (Å²) in [5.41, 5.74) is 0. The van der Waals surface area contributed by atoms with Crippen molar-refractivity contribution in [3.63, 3.8) is 0 Å². The first kappa shape index (κ1) is 15.2. The number of likely N-dealkylation sites (tertiary alicyclic amines) is 1. The number of aliphatic hydroxyl groups is 1. The number of hydrogen-bond acceptors (Lipinski definition) is 4. The zero-order valence-electron chi connectivity index (χ0n) is 10.6. The van der Waals surface area contributed by atoms with Crippen molar-refractivity contribution in [2.45, 2.75) is 25.4 Å². The van der Waals surface area contributed by atoms with Crippen molar-refractivity contribution in [2.24, 2.45) is 0 Å². The minimum absolute atomic E-state index is 0.0250. The molecule has 0 radical (unpaired) electrons. The maximum Gasteiger partial charge on any atom is 0.332 e. The van der Waals surface area contributed by atoms with Crippen LogP contribution in [0.3, 0.4) is 0 Å². The molecule has 8 nitrogen and oxygen atoms in total. The summed E-state index contributed by atoms with van der Waals surface area (Å²) < 4.78 is 0. The lowest BCUT2D eigenvalue weighted by Crippen LogP contribution is -2.43. The number of aliphatic carboxylic acids is 1. The molecule has 0 aromatic carbocycles. The second kappa shape index (κ2) is 7.57. The number of aliphatic hydroxyl groups excluding tert-OH is 1. The zero-order chi connectivity index (χ0) is 14.3. The van der Waals surface area contributed by atoms with Gasteiger partial charge in [0.15, 0.2) is 6.10 Å². The molecule has 0 unspecified atom stereocenters. The second-order valence-corrected chi connectivity index (χ2v) is 4.34. The van der Waals surface area contributed by atoms with Crippen molar-refractivity contribution in [3.05, 3.63) is 0 Å². The first-order valence-corrected chi connectivity index (χ1v) is 6.21. The van der Waals surface area contributed by atoms with E-state index in [9.17, 15) is 14.4 Å². The van der Waals surface area contributed by atoms with Gasteiger partial charge in [-0.25, -0.2) is 9.59 Å². The van der Waals surface area contributed by atoms with E-state index in [0.29, 0.717) is 0 Å². The van der Waals surface area contributed by atoms with E-state index >= 15 is 0 Å². The SMILES string of the molecule is O=C(NCC[C@H](O)C(=O)O)NCC(=O)N1CCCC1. The molecule has 0 aliphatic carbocycles. The van der Waals surface area contributed by atoms with Crippen molar-refractivity contribution >= 4 is 17.9 Å². The maximum atomic E-state index is 11.6. The van der Waals surface area contributed by atoms with E-state index in [1.54, 1.807) is 4.90 Å². The van der Waals surface area contributed by atoms with Gasteiger partial charge in [-0.1, -0.05) is 0 Å². The lowest BCUT2D eigenvalue weighted by atomic mass is 10.2. The van der Waals surface area contributed by atoms with Gasteiger partial charge < -0.3 is 25.7 Å². The second-order valence-electron chi connectivity index (χ2n) is 4.34. The number of carbonyl (C=O) groups excluding carboxylic acids is 2. The molecule has 8 heteroatoms. The summed E-state index contributed by atoms with van der Waals surface area (Å²) in [6, 6.07) is -0.551. The van der Waals surface area contributed by atoms with Crippen LogP contribution >= 0.6 is 0 Å². The number of carbonyl (C=O) groups is 3. The van der Waals surface area contributed by atoms with Crippen LogP contribution in [-0.2, 0) is 9.59 Å². The number of amides is 3. The third-order valence-corrected chi connectivity index (χ3v) is 2.85. The molecule has 3 amide bonds. The van der Waals surface area contributed by atoms with Gasteiger partial charge in [-0.3, -0.25) is 4.79 Å². The molecule has 0 bridgehead atoms. The maximum absolute atomic E-state index is 11.6.